The molecule has 1 amide bonds. The smallest absolute Gasteiger partial charge is 0.395 e. The van der Waals surface area contributed by atoms with Crippen LogP contribution in [-0.4, -0.2) is 42.1 Å². The Balaban J connectivity index is 1.70. The highest BCUT2D eigenvalue weighted by Gasteiger charge is 2.40. The first-order chi connectivity index (χ1) is 13.2. The lowest BCUT2D eigenvalue weighted by atomic mass is 9.85. The molecular formula is C21H26F3NO3. The number of carbonyl (C=O) groups excluding carboxylic acids is 2. The van der Waals surface area contributed by atoms with Crippen LogP contribution in [0.2, 0.25) is 0 Å². The topological polar surface area (TPSA) is 46.6 Å². The highest BCUT2D eigenvalue weighted by molar-refractivity contribution is 5.95. The van der Waals surface area contributed by atoms with Gasteiger partial charge in [0.25, 0.3) is 5.91 Å². The predicted molar refractivity (Wildman–Crippen MR) is 97.9 cm³/mol. The molecule has 1 atom stereocenters. The zero-order chi connectivity index (χ0) is 20.5. The number of hydrogen-bond donors (Lipinski definition) is 0. The van der Waals surface area contributed by atoms with Gasteiger partial charge >= 0.3 is 12.1 Å². The van der Waals surface area contributed by atoms with Crippen molar-refractivity contribution in [1.29, 1.82) is 0 Å². The standard InChI is InChI=1S/C21H26F3NO3/c1-13(21(22,23)24)14-3-5-15(6-4-14)19(26)25(18-11-12-18)17-9-7-16(8-10-17)20(27)28-2/h3-6,13,16-18H,7-12H2,1-2H3/t13-,16?,17?/m1/s1. The third-order valence-electron chi connectivity index (χ3n) is 5.95. The van der Waals surface area contributed by atoms with Gasteiger partial charge in [-0.05, 0) is 63.1 Å². The van der Waals surface area contributed by atoms with Crippen LogP contribution in [-0.2, 0) is 9.53 Å². The van der Waals surface area contributed by atoms with Gasteiger partial charge in [0.1, 0.15) is 0 Å². The Morgan fingerprint density at radius 1 is 1.00 bits per heavy atom. The van der Waals surface area contributed by atoms with Crippen molar-refractivity contribution in [3.63, 3.8) is 0 Å². The zero-order valence-electron chi connectivity index (χ0n) is 16.2. The van der Waals surface area contributed by atoms with Gasteiger partial charge in [-0.15, -0.1) is 0 Å². The van der Waals surface area contributed by atoms with Crippen molar-refractivity contribution >= 4 is 11.9 Å². The molecule has 2 fully saturated rings. The molecule has 0 aliphatic heterocycles. The summed E-state index contributed by atoms with van der Waals surface area (Å²) in [5.74, 6) is -2.00. The van der Waals surface area contributed by atoms with Crippen molar-refractivity contribution in [2.75, 3.05) is 7.11 Å². The molecule has 0 saturated heterocycles. The summed E-state index contributed by atoms with van der Waals surface area (Å²) in [7, 11) is 1.39. The molecule has 4 nitrogen and oxygen atoms in total. The van der Waals surface area contributed by atoms with Crippen LogP contribution in [0.25, 0.3) is 0 Å². The minimum atomic E-state index is -4.30. The fraction of sp³-hybridized carbons (Fsp3) is 0.619. The molecular weight excluding hydrogens is 371 g/mol. The maximum Gasteiger partial charge on any atom is 0.395 e. The first kappa shape index (κ1) is 20.7. The molecule has 0 spiro atoms. The second kappa shape index (κ2) is 8.13. The molecule has 0 bridgehead atoms. The van der Waals surface area contributed by atoms with E-state index in [0.717, 1.165) is 32.6 Å². The summed E-state index contributed by atoms with van der Waals surface area (Å²) in [6.07, 6.45) is 0.462. The van der Waals surface area contributed by atoms with Crippen molar-refractivity contribution < 1.29 is 27.5 Å². The summed E-state index contributed by atoms with van der Waals surface area (Å²) in [5, 5.41) is 0. The number of alkyl halides is 3. The van der Waals surface area contributed by atoms with Crippen LogP contribution in [0.15, 0.2) is 24.3 Å². The number of ether oxygens (including phenoxy) is 1. The minimum absolute atomic E-state index is 0.0645. The van der Waals surface area contributed by atoms with Gasteiger partial charge < -0.3 is 9.64 Å². The van der Waals surface area contributed by atoms with Crippen molar-refractivity contribution in [2.45, 2.75) is 69.6 Å². The van der Waals surface area contributed by atoms with Crippen LogP contribution in [0.1, 0.15) is 67.3 Å². The molecule has 0 radical (unpaired) electrons. The van der Waals surface area contributed by atoms with E-state index >= 15 is 0 Å². The predicted octanol–water partition coefficient (Wildman–Crippen LogP) is 4.69. The van der Waals surface area contributed by atoms with Gasteiger partial charge in [-0.2, -0.15) is 13.2 Å². The second-order valence-corrected chi connectivity index (χ2v) is 7.86. The molecule has 154 valence electrons. The lowest BCUT2D eigenvalue weighted by Gasteiger charge is -2.36. The van der Waals surface area contributed by atoms with Crippen molar-refractivity contribution in [3.05, 3.63) is 35.4 Å². The van der Waals surface area contributed by atoms with Crippen LogP contribution in [0.4, 0.5) is 13.2 Å². The van der Waals surface area contributed by atoms with Gasteiger partial charge in [0, 0.05) is 17.6 Å². The van der Waals surface area contributed by atoms with E-state index in [-0.39, 0.29) is 35.4 Å². The maximum absolute atomic E-state index is 13.1. The third-order valence-corrected chi connectivity index (χ3v) is 5.95. The number of halogens is 3. The lowest BCUT2D eigenvalue weighted by molar-refractivity contribution is -0.147. The number of nitrogens with zero attached hydrogens (tertiary/aromatic N) is 1. The number of carbonyl (C=O) groups is 2. The molecule has 1 aromatic rings. The van der Waals surface area contributed by atoms with E-state index in [9.17, 15) is 22.8 Å². The van der Waals surface area contributed by atoms with Crippen LogP contribution in [0, 0.1) is 5.92 Å². The van der Waals surface area contributed by atoms with Crippen LogP contribution >= 0.6 is 0 Å². The Bertz CT molecular complexity index is 705. The van der Waals surface area contributed by atoms with E-state index in [1.54, 1.807) is 0 Å². The molecule has 0 heterocycles. The minimum Gasteiger partial charge on any atom is -0.469 e. The number of rotatable bonds is 5. The van der Waals surface area contributed by atoms with Gasteiger partial charge in [-0.25, -0.2) is 0 Å². The SMILES string of the molecule is COC(=O)C1CCC(N(C(=O)c2ccc([C@@H](C)C(F)(F)F)cc2)C2CC2)CC1. The van der Waals surface area contributed by atoms with E-state index in [1.165, 1.54) is 31.4 Å². The molecule has 3 rings (SSSR count). The number of methoxy groups -OCH3 is 1. The molecule has 28 heavy (non-hydrogen) atoms. The highest BCUT2D eigenvalue weighted by atomic mass is 19.4. The average Bonchev–Trinajstić information content (AvgIpc) is 3.52. The van der Waals surface area contributed by atoms with Crippen LogP contribution in [0.3, 0.4) is 0 Å². The normalized spacial score (nSPS) is 23.8. The molecule has 1 aromatic carbocycles. The van der Waals surface area contributed by atoms with Crippen LogP contribution < -0.4 is 0 Å². The molecule has 0 N–H and O–H groups in total. The quantitative estimate of drug-likeness (QED) is 0.678. The van der Waals surface area contributed by atoms with E-state index < -0.39 is 12.1 Å². The molecule has 0 aromatic heterocycles. The number of benzene rings is 1. The van der Waals surface area contributed by atoms with Gasteiger partial charge in [0.2, 0.25) is 0 Å². The molecule has 2 aliphatic rings. The van der Waals surface area contributed by atoms with E-state index in [4.69, 9.17) is 4.74 Å². The fourth-order valence-corrected chi connectivity index (χ4v) is 3.99. The lowest BCUT2D eigenvalue weighted by Crippen LogP contribution is -2.44. The summed E-state index contributed by atoms with van der Waals surface area (Å²) < 4.78 is 43.5. The number of amides is 1. The Morgan fingerprint density at radius 3 is 1.93 bits per heavy atom. The Hall–Kier alpha value is -2.05. The van der Waals surface area contributed by atoms with Crippen molar-refractivity contribution in [2.24, 2.45) is 5.92 Å². The van der Waals surface area contributed by atoms with E-state index in [0.29, 0.717) is 18.4 Å². The van der Waals surface area contributed by atoms with Crippen molar-refractivity contribution in [1.82, 2.24) is 4.90 Å². The van der Waals surface area contributed by atoms with Gasteiger partial charge in [-0.1, -0.05) is 12.1 Å². The fourth-order valence-electron chi connectivity index (χ4n) is 3.99. The van der Waals surface area contributed by atoms with Gasteiger partial charge in [-0.3, -0.25) is 9.59 Å². The third kappa shape index (κ3) is 4.50. The molecule has 2 saturated carbocycles. The summed E-state index contributed by atoms with van der Waals surface area (Å²) in [6.45, 7) is 1.12. The van der Waals surface area contributed by atoms with Gasteiger partial charge in [0.05, 0.1) is 18.9 Å². The number of hydrogen-bond acceptors (Lipinski definition) is 3. The molecule has 7 heteroatoms. The average molecular weight is 397 g/mol. The molecule has 0 unspecified atom stereocenters. The summed E-state index contributed by atoms with van der Waals surface area (Å²) in [4.78, 5) is 26.7. The maximum atomic E-state index is 13.1. The Morgan fingerprint density at radius 2 is 1.50 bits per heavy atom. The monoisotopic (exact) mass is 397 g/mol. The van der Waals surface area contributed by atoms with Crippen LogP contribution in [0.5, 0.6) is 0 Å². The number of esters is 1. The highest BCUT2D eigenvalue weighted by Crippen LogP contribution is 2.37. The largest absolute Gasteiger partial charge is 0.469 e. The Kier molecular flexibility index (Phi) is 6.01. The first-order valence-corrected chi connectivity index (χ1v) is 9.79. The Labute approximate surface area is 163 Å². The summed E-state index contributed by atoms with van der Waals surface area (Å²) in [5.41, 5.74) is 0.570. The summed E-state index contributed by atoms with van der Waals surface area (Å²) >= 11 is 0. The van der Waals surface area contributed by atoms with E-state index in [1.807, 2.05) is 4.90 Å². The van der Waals surface area contributed by atoms with Gasteiger partial charge in [0.15, 0.2) is 0 Å². The van der Waals surface area contributed by atoms with E-state index in [2.05, 4.69) is 0 Å². The molecule has 2 aliphatic carbocycles. The first-order valence-electron chi connectivity index (χ1n) is 9.79. The second-order valence-electron chi connectivity index (χ2n) is 7.86. The summed E-state index contributed by atoms with van der Waals surface area (Å²) in [6, 6.07) is 6.04. The van der Waals surface area contributed by atoms with Crippen molar-refractivity contribution in [3.8, 4) is 0 Å². The zero-order valence-corrected chi connectivity index (χ0v) is 16.2.